The third kappa shape index (κ3) is 5.79. The zero-order valence-corrected chi connectivity index (χ0v) is 14.7. The van der Waals surface area contributed by atoms with Gasteiger partial charge in [0.25, 0.3) is 0 Å². The first-order chi connectivity index (χ1) is 12.9. The fourth-order valence-electron chi connectivity index (χ4n) is 2.29. The molecule has 0 spiro atoms. The minimum absolute atomic E-state index is 0.209. The fraction of sp³-hybridized carbons (Fsp3) is 0.150. The number of amides is 1. The summed E-state index contributed by atoms with van der Waals surface area (Å²) in [4.78, 5) is 35.3. The second kappa shape index (κ2) is 9.30. The summed E-state index contributed by atoms with van der Waals surface area (Å²) >= 11 is 0. The molecule has 0 aliphatic heterocycles. The Hall–Kier alpha value is -3.45. The SMILES string of the molecule is COc1ccc(C=CC(=O)Nc2ccccc2C(=O)CC(N)C(=O)O)cc1. The molecule has 7 nitrogen and oxygen atoms in total. The molecule has 4 N–H and O–H groups in total. The van der Waals surface area contributed by atoms with E-state index in [-0.39, 0.29) is 12.0 Å². The highest BCUT2D eigenvalue weighted by Crippen LogP contribution is 2.18. The maximum atomic E-state index is 12.3. The number of methoxy groups -OCH3 is 1. The predicted molar refractivity (Wildman–Crippen MR) is 102 cm³/mol. The molecular formula is C20H20N2O5. The van der Waals surface area contributed by atoms with Crippen LogP contribution in [0.5, 0.6) is 5.75 Å². The normalized spacial score (nSPS) is 11.8. The van der Waals surface area contributed by atoms with Gasteiger partial charge in [0.1, 0.15) is 11.8 Å². The number of nitrogens with one attached hydrogen (secondary N) is 1. The van der Waals surface area contributed by atoms with Gasteiger partial charge in [0, 0.05) is 18.1 Å². The van der Waals surface area contributed by atoms with E-state index in [0.29, 0.717) is 11.4 Å². The second-order valence-electron chi connectivity index (χ2n) is 5.71. The molecule has 0 aliphatic carbocycles. The summed E-state index contributed by atoms with van der Waals surface area (Å²) in [7, 11) is 1.57. The first-order valence-corrected chi connectivity index (χ1v) is 8.14. The molecule has 140 valence electrons. The van der Waals surface area contributed by atoms with Crippen molar-refractivity contribution in [1.82, 2.24) is 0 Å². The number of hydrogen-bond acceptors (Lipinski definition) is 5. The maximum absolute atomic E-state index is 12.3. The highest BCUT2D eigenvalue weighted by atomic mass is 16.5. The van der Waals surface area contributed by atoms with Gasteiger partial charge in [0.2, 0.25) is 5.91 Å². The average Bonchev–Trinajstić information content (AvgIpc) is 2.67. The molecule has 7 heteroatoms. The molecule has 0 radical (unpaired) electrons. The van der Waals surface area contributed by atoms with Gasteiger partial charge in [-0.2, -0.15) is 0 Å². The summed E-state index contributed by atoms with van der Waals surface area (Å²) in [6.07, 6.45) is 2.61. The van der Waals surface area contributed by atoms with Gasteiger partial charge in [-0.25, -0.2) is 0 Å². The lowest BCUT2D eigenvalue weighted by molar-refractivity contribution is -0.138. The van der Waals surface area contributed by atoms with Crippen LogP contribution >= 0.6 is 0 Å². The van der Waals surface area contributed by atoms with E-state index in [1.165, 1.54) is 12.1 Å². The topological polar surface area (TPSA) is 119 Å². The van der Waals surface area contributed by atoms with Crippen molar-refractivity contribution in [3.63, 3.8) is 0 Å². The Morgan fingerprint density at radius 1 is 1.15 bits per heavy atom. The van der Waals surface area contributed by atoms with Gasteiger partial charge in [-0.05, 0) is 35.9 Å². The van der Waals surface area contributed by atoms with Crippen molar-refractivity contribution in [2.45, 2.75) is 12.5 Å². The summed E-state index contributed by atoms with van der Waals surface area (Å²) in [5.41, 5.74) is 6.72. The van der Waals surface area contributed by atoms with Crippen LogP contribution in [0.4, 0.5) is 5.69 Å². The monoisotopic (exact) mass is 368 g/mol. The number of ketones is 1. The molecule has 0 saturated carbocycles. The Labute approximate surface area is 156 Å². The molecule has 0 saturated heterocycles. The van der Waals surface area contributed by atoms with E-state index in [2.05, 4.69) is 5.32 Å². The van der Waals surface area contributed by atoms with Crippen LogP contribution in [0.3, 0.4) is 0 Å². The van der Waals surface area contributed by atoms with Gasteiger partial charge < -0.3 is 20.9 Å². The van der Waals surface area contributed by atoms with Gasteiger partial charge in [-0.1, -0.05) is 24.3 Å². The number of carbonyl (C=O) groups is 3. The Morgan fingerprint density at radius 2 is 1.81 bits per heavy atom. The molecule has 0 heterocycles. The van der Waals surface area contributed by atoms with Crippen molar-refractivity contribution >= 4 is 29.4 Å². The first-order valence-electron chi connectivity index (χ1n) is 8.14. The molecule has 1 atom stereocenters. The predicted octanol–water partition coefficient (Wildman–Crippen LogP) is 2.33. The van der Waals surface area contributed by atoms with Gasteiger partial charge in [0.15, 0.2) is 5.78 Å². The van der Waals surface area contributed by atoms with Gasteiger partial charge in [-0.3, -0.25) is 14.4 Å². The third-order valence-electron chi connectivity index (χ3n) is 3.75. The molecule has 0 bridgehead atoms. The standard InChI is InChI=1S/C20H20N2O5/c1-27-14-9-6-13(7-10-14)8-11-19(24)22-17-5-3-2-4-15(17)18(23)12-16(21)20(25)26/h2-11,16H,12,21H2,1H3,(H,22,24)(H,25,26). The van der Waals surface area contributed by atoms with Crippen molar-refractivity contribution in [1.29, 1.82) is 0 Å². The van der Waals surface area contributed by atoms with E-state index in [0.717, 1.165) is 5.56 Å². The van der Waals surface area contributed by atoms with Gasteiger partial charge >= 0.3 is 5.97 Å². The van der Waals surface area contributed by atoms with E-state index >= 15 is 0 Å². The number of anilines is 1. The van der Waals surface area contributed by atoms with Gasteiger partial charge in [-0.15, -0.1) is 0 Å². The van der Waals surface area contributed by atoms with Crippen molar-refractivity contribution in [2.24, 2.45) is 5.73 Å². The Bertz CT molecular complexity index is 859. The summed E-state index contributed by atoms with van der Waals surface area (Å²) in [6.45, 7) is 0. The molecule has 2 rings (SSSR count). The number of para-hydroxylation sites is 1. The second-order valence-corrected chi connectivity index (χ2v) is 5.71. The van der Waals surface area contributed by atoms with Crippen LogP contribution < -0.4 is 15.8 Å². The molecule has 2 aromatic rings. The van der Waals surface area contributed by atoms with E-state index in [1.807, 2.05) is 0 Å². The smallest absolute Gasteiger partial charge is 0.320 e. The minimum Gasteiger partial charge on any atom is -0.497 e. The lowest BCUT2D eigenvalue weighted by Crippen LogP contribution is -2.32. The molecule has 1 unspecified atom stereocenters. The van der Waals surface area contributed by atoms with E-state index in [4.69, 9.17) is 15.6 Å². The lowest BCUT2D eigenvalue weighted by Gasteiger charge is -2.10. The number of hydrogen-bond donors (Lipinski definition) is 3. The van der Waals surface area contributed by atoms with Crippen molar-refractivity contribution in [3.05, 3.63) is 65.7 Å². The number of carboxylic acid groups (broad SMARTS) is 1. The number of carboxylic acids is 1. The van der Waals surface area contributed by atoms with Crippen LogP contribution in [0.2, 0.25) is 0 Å². The molecule has 1 amide bonds. The van der Waals surface area contributed by atoms with E-state index in [1.54, 1.807) is 55.7 Å². The largest absolute Gasteiger partial charge is 0.497 e. The number of Topliss-reactive ketones (excluding diaryl/α,β-unsaturated/α-hetero) is 1. The Morgan fingerprint density at radius 3 is 2.44 bits per heavy atom. The van der Waals surface area contributed by atoms with E-state index < -0.39 is 23.7 Å². The third-order valence-corrected chi connectivity index (χ3v) is 3.75. The molecule has 2 aromatic carbocycles. The Balaban J connectivity index is 2.07. The van der Waals surface area contributed by atoms with Crippen LogP contribution in [-0.2, 0) is 9.59 Å². The molecule has 27 heavy (non-hydrogen) atoms. The van der Waals surface area contributed by atoms with E-state index in [9.17, 15) is 14.4 Å². The van der Waals surface area contributed by atoms with Crippen molar-refractivity contribution in [3.8, 4) is 5.75 Å². The van der Waals surface area contributed by atoms with Gasteiger partial charge in [0.05, 0.1) is 12.8 Å². The van der Waals surface area contributed by atoms with Crippen LogP contribution in [0.25, 0.3) is 6.08 Å². The number of ether oxygens (including phenoxy) is 1. The van der Waals surface area contributed by atoms with Crippen LogP contribution in [0.1, 0.15) is 22.3 Å². The van der Waals surface area contributed by atoms with Crippen LogP contribution in [0, 0.1) is 0 Å². The molecule has 0 fully saturated rings. The summed E-state index contributed by atoms with van der Waals surface area (Å²) in [5.74, 6) is -1.43. The molecular weight excluding hydrogens is 348 g/mol. The quantitative estimate of drug-likeness (QED) is 0.486. The highest BCUT2D eigenvalue weighted by molar-refractivity contribution is 6.09. The minimum atomic E-state index is -1.30. The lowest BCUT2D eigenvalue weighted by atomic mass is 10.0. The average molecular weight is 368 g/mol. The number of carbonyl (C=O) groups excluding carboxylic acids is 2. The fourth-order valence-corrected chi connectivity index (χ4v) is 2.29. The number of nitrogens with two attached hydrogens (primary N) is 1. The van der Waals surface area contributed by atoms with Crippen molar-refractivity contribution in [2.75, 3.05) is 12.4 Å². The number of rotatable bonds is 8. The van der Waals surface area contributed by atoms with Crippen LogP contribution in [0.15, 0.2) is 54.6 Å². The molecule has 0 aromatic heterocycles. The summed E-state index contributed by atoms with van der Waals surface area (Å²) < 4.78 is 5.07. The zero-order chi connectivity index (χ0) is 19.8. The van der Waals surface area contributed by atoms with Crippen molar-refractivity contribution < 1.29 is 24.2 Å². The highest BCUT2D eigenvalue weighted by Gasteiger charge is 2.19. The zero-order valence-electron chi connectivity index (χ0n) is 14.7. The Kier molecular flexibility index (Phi) is 6.85. The summed E-state index contributed by atoms with van der Waals surface area (Å²) in [5, 5.41) is 11.5. The molecule has 0 aliphatic rings. The number of benzene rings is 2. The maximum Gasteiger partial charge on any atom is 0.320 e. The number of aliphatic carboxylic acids is 1. The first kappa shape index (κ1) is 19.9. The summed E-state index contributed by atoms with van der Waals surface area (Å²) in [6, 6.07) is 12.2. The van der Waals surface area contributed by atoms with Crippen LogP contribution in [-0.4, -0.2) is 35.9 Å².